The second kappa shape index (κ2) is 12.1. The molecule has 0 amide bonds. The number of anilines is 1. The summed E-state index contributed by atoms with van der Waals surface area (Å²) in [4.78, 5) is 20.3. The second-order valence-corrected chi connectivity index (χ2v) is 16.4. The van der Waals surface area contributed by atoms with Crippen LogP contribution in [0.25, 0.3) is 32.0 Å². The Bertz CT molecular complexity index is 2080. The summed E-state index contributed by atoms with van der Waals surface area (Å²) < 4.78 is 40.7. The predicted octanol–water partition coefficient (Wildman–Crippen LogP) is 7.10. The Kier molecular flexibility index (Phi) is 7.84. The lowest BCUT2D eigenvalue weighted by molar-refractivity contribution is 0.0639. The molecule has 7 heterocycles. The average molecular weight is 671 g/mol. The largest absolute Gasteiger partial charge is 0.381 e. The third kappa shape index (κ3) is 5.53. The van der Waals surface area contributed by atoms with Crippen molar-refractivity contribution in [3.05, 3.63) is 65.1 Å². The highest BCUT2D eigenvalue weighted by molar-refractivity contribution is 7.92. The minimum Gasteiger partial charge on any atom is -0.381 e. The van der Waals surface area contributed by atoms with Crippen LogP contribution in [0.1, 0.15) is 80.0 Å². The highest BCUT2D eigenvalue weighted by Crippen LogP contribution is 2.51. The number of nitrogens with one attached hydrogen (secondary N) is 1. The monoisotopic (exact) mass is 670 g/mol. The molecule has 10 nitrogen and oxygen atoms in total. The Balaban J connectivity index is 1.31. The first kappa shape index (κ1) is 30.6. The van der Waals surface area contributed by atoms with Gasteiger partial charge in [0.15, 0.2) is 15.7 Å². The van der Waals surface area contributed by atoms with Crippen molar-refractivity contribution < 1.29 is 17.7 Å². The molecule has 2 atom stereocenters. The molecule has 1 unspecified atom stereocenters. The molecule has 8 rings (SSSR count). The summed E-state index contributed by atoms with van der Waals surface area (Å²) >= 11 is 1.55. The van der Waals surface area contributed by atoms with Gasteiger partial charge in [-0.2, -0.15) is 4.98 Å². The van der Waals surface area contributed by atoms with Gasteiger partial charge in [0.2, 0.25) is 0 Å². The molecule has 244 valence electrons. The molecule has 12 heteroatoms. The van der Waals surface area contributed by atoms with Crippen molar-refractivity contribution >= 4 is 37.1 Å². The summed E-state index contributed by atoms with van der Waals surface area (Å²) in [5.41, 5.74) is 5.07. The number of sulfone groups is 1. The van der Waals surface area contributed by atoms with Gasteiger partial charge in [0.1, 0.15) is 5.82 Å². The van der Waals surface area contributed by atoms with Gasteiger partial charge >= 0.3 is 0 Å². The molecular formula is C35H38N6O4S2. The van der Waals surface area contributed by atoms with Crippen LogP contribution >= 0.6 is 11.3 Å². The lowest BCUT2D eigenvalue weighted by Gasteiger charge is -2.23. The van der Waals surface area contributed by atoms with Crippen molar-refractivity contribution in [1.29, 1.82) is 0 Å². The molecule has 0 aromatic carbocycles. The van der Waals surface area contributed by atoms with E-state index < -0.39 is 9.84 Å². The first-order valence-corrected chi connectivity index (χ1v) is 19.0. The van der Waals surface area contributed by atoms with Crippen molar-refractivity contribution in [2.24, 2.45) is 11.8 Å². The molecule has 0 spiro atoms. The molecular weight excluding hydrogens is 633 g/mol. The molecule has 1 aliphatic carbocycles. The molecule has 1 saturated heterocycles. The van der Waals surface area contributed by atoms with Gasteiger partial charge in [-0.15, -0.1) is 11.3 Å². The van der Waals surface area contributed by atoms with Crippen LogP contribution in [0, 0.1) is 18.8 Å². The molecule has 1 fully saturated rings. The number of hydrogen-bond acceptors (Lipinski definition) is 11. The van der Waals surface area contributed by atoms with Crippen molar-refractivity contribution in [3.63, 3.8) is 0 Å². The van der Waals surface area contributed by atoms with Crippen LogP contribution in [0.2, 0.25) is 0 Å². The number of pyridine rings is 3. The average Bonchev–Trinajstić information content (AvgIpc) is 3.85. The van der Waals surface area contributed by atoms with E-state index in [1.165, 1.54) is 5.56 Å². The van der Waals surface area contributed by atoms with Gasteiger partial charge in [-0.1, -0.05) is 25.1 Å². The summed E-state index contributed by atoms with van der Waals surface area (Å²) in [6.45, 7) is 7.47. The van der Waals surface area contributed by atoms with Crippen LogP contribution in [-0.4, -0.2) is 52.5 Å². The summed E-state index contributed by atoms with van der Waals surface area (Å²) in [7, 11) is -3.65. The Morgan fingerprint density at radius 3 is 2.70 bits per heavy atom. The summed E-state index contributed by atoms with van der Waals surface area (Å²) in [5.74, 6) is 2.05. The summed E-state index contributed by atoms with van der Waals surface area (Å²) in [6.07, 6.45) is 9.14. The lowest BCUT2D eigenvalue weighted by Crippen LogP contribution is -2.17. The van der Waals surface area contributed by atoms with E-state index >= 15 is 0 Å². The highest BCUT2D eigenvalue weighted by Gasteiger charge is 2.43. The Labute approximate surface area is 278 Å². The van der Waals surface area contributed by atoms with Gasteiger partial charge in [-0.25, -0.2) is 13.4 Å². The number of rotatable bonds is 8. The van der Waals surface area contributed by atoms with E-state index in [0.717, 1.165) is 77.5 Å². The molecule has 47 heavy (non-hydrogen) atoms. The molecule has 2 aliphatic heterocycles. The SMILES string of the molecule is Cc1noc(-c2c(CCC3CCOCC3)nc3c(c2-c2cc4ccnc(N[C@@H]5CCc6ncccc65)c4s2)S(=O)(=O)CC3C(C)C)n1. The Morgan fingerprint density at radius 1 is 1.06 bits per heavy atom. The standard InChI is InChI=1S/C35H38N6O4S2/c1-19(2)24-18-47(42,43)33-30(29(35-38-20(3)41-45-35)27(39-31(24)33)7-6-21-11-15-44-16-12-21)28-17-22-10-14-37-34(32(22)46-28)40-26-9-8-25-23(26)5-4-13-36-25/h4-5,10,13-14,17,19,21,24,26H,6-9,11-12,15-16,18H2,1-3H3,(H,37,40)/t24?,26-/m1/s1. The zero-order chi connectivity index (χ0) is 32.3. The number of hydrogen-bond donors (Lipinski definition) is 1. The van der Waals surface area contributed by atoms with E-state index in [1.807, 2.05) is 24.5 Å². The van der Waals surface area contributed by atoms with Gasteiger partial charge in [0.05, 0.1) is 38.3 Å². The van der Waals surface area contributed by atoms with E-state index in [9.17, 15) is 8.42 Å². The van der Waals surface area contributed by atoms with Crippen LogP contribution in [0.3, 0.4) is 0 Å². The van der Waals surface area contributed by atoms with E-state index in [2.05, 4.69) is 46.4 Å². The van der Waals surface area contributed by atoms with Gasteiger partial charge < -0.3 is 14.6 Å². The topological polar surface area (TPSA) is 133 Å². The number of aryl methyl sites for hydroxylation is 3. The van der Waals surface area contributed by atoms with Gasteiger partial charge in [0.25, 0.3) is 5.89 Å². The number of nitrogens with zero attached hydrogens (tertiary/aromatic N) is 5. The first-order valence-electron chi connectivity index (χ1n) is 16.5. The second-order valence-electron chi connectivity index (χ2n) is 13.4. The van der Waals surface area contributed by atoms with Gasteiger partial charge in [0, 0.05) is 47.7 Å². The zero-order valence-electron chi connectivity index (χ0n) is 26.8. The van der Waals surface area contributed by atoms with Gasteiger partial charge in [-0.05, 0) is 86.4 Å². The van der Waals surface area contributed by atoms with Gasteiger partial charge in [-0.3, -0.25) is 9.97 Å². The molecule has 1 N–H and O–H groups in total. The predicted molar refractivity (Wildman–Crippen MR) is 181 cm³/mol. The fourth-order valence-corrected chi connectivity index (χ4v) is 10.9. The van der Waals surface area contributed by atoms with Crippen molar-refractivity contribution in [2.75, 3.05) is 24.3 Å². The van der Waals surface area contributed by atoms with Crippen LogP contribution in [0.4, 0.5) is 5.82 Å². The fraction of sp³-hybridized carbons (Fsp3) is 0.457. The molecule has 5 aromatic rings. The van der Waals surface area contributed by atoms with Crippen LogP contribution in [-0.2, 0) is 27.4 Å². The number of ether oxygens (including phenoxy) is 1. The summed E-state index contributed by atoms with van der Waals surface area (Å²) in [5, 5.41) is 8.80. The number of fused-ring (bicyclic) bond motifs is 3. The normalized spacial score (nSPS) is 20.6. The fourth-order valence-electron chi connectivity index (χ4n) is 7.45. The lowest BCUT2D eigenvalue weighted by atomic mass is 9.89. The van der Waals surface area contributed by atoms with E-state index in [-0.39, 0.29) is 23.6 Å². The van der Waals surface area contributed by atoms with Crippen LogP contribution in [0.5, 0.6) is 0 Å². The molecule has 3 aliphatic rings. The maximum absolute atomic E-state index is 14.1. The van der Waals surface area contributed by atoms with E-state index in [0.29, 0.717) is 45.8 Å². The van der Waals surface area contributed by atoms with Crippen molar-refractivity contribution in [1.82, 2.24) is 25.1 Å². The van der Waals surface area contributed by atoms with Crippen molar-refractivity contribution in [2.45, 2.75) is 76.2 Å². The first-order chi connectivity index (χ1) is 22.8. The highest BCUT2D eigenvalue weighted by atomic mass is 32.2. The Hall–Kier alpha value is -3.74. The minimum atomic E-state index is -3.65. The van der Waals surface area contributed by atoms with Crippen LogP contribution in [0.15, 0.2) is 46.1 Å². The number of aromatic nitrogens is 5. The third-order valence-electron chi connectivity index (χ3n) is 9.95. The molecule has 0 saturated carbocycles. The third-order valence-corrected chi connectivity index (χ3v) is 13.0. The van der Waals surface area contributed by atoms with E-state index in [4.69, 9.17) is 19.2 Å². The maximum Gasteiger partial charge on any atom is 0.260 e. The maximum atomic E-state index is 14.1. The molecule has 0 bridgehead atoms. The Morgan fingerprint density at radius 2 is 1.91 bits per heavy atom. The minimum absolute atomic E-state index is 0.0418. The van der Waals surface area contributed by atoms with Crippen LogP contribution < -0.4 is 5.32 Å². The smallest absolute Gasteiger partial charge is 0.260 e. The van der Waals surface area contributed by atoms with E-state index in [1.54, 1.807) is 18.3 Å². The quantitative estimate of drug-likeness (QED) is 0.182. The zero-order valence-corrected chi connectivity index (χ0v) is 28.5. The van der Waals surface area contributed by atoms with Crippen molar-refractivity contribution in [3.8, 4) is 21.9 Å². The molecule has 5 aromatic heterocycles. The number of thiophene rings is 1. The molecule has 0 radical (unpaired) electrons. The summed E-state index contributed by atoms with van der Waals surface area (Å²) in [6, 6.07) is 8.28.